The molecular formula is C15H25FN4. The number of halogens is 1. The Morgan fingerprint density at radius 2 is 2.35 bits per heavy atom. The first-order valence-corrected chi connectivity index (χ1v) is 7.39. The van der Waals surface area contributed by atoms with Crippen LogP contribution in [0.1, 0.15) is 25.3 Å². The highest BCUT2D eigenvalue weighted by Gasteiger charge is 2.24. The lowest BCUT2D eigenvalue weighted by molar-refractivity contribution is 0.247. The van der Waals surface area contributed by atoms with E-state index in [0.717, 1.165) is 32.5 Å². The molecule has 1 aliphatic rings. The summed E-state index contributed by atoms with van der Waals surface area (Å²) < 4.78 is 14.5. The maximum absolute atomic E-state index is 14.5. The Bertz CT molecular complexity index is 438. The third kappa shape index (κ3) is 3.46. The molecular weight excluding hydrogens is 255 g/mol. The van der Waals surface area contributed by atoms with Gasteiger partial charge in [-0.25, -0.2) is 9.37 Å². The smallest absolute Gasteiger partial charge is 0.170 e. The van der Waals surface area contributed by atoms with E-state index in [2.05, 4.69) is 22.2 Å². The SMILES string of the molecule is CCNCc1ccnc(N(C)C2CCCN(C)C2)c1F. The zero-order chi connectivity index (χ0) is 14.5. The summed E-state index contributed by atoms with van der Waals surface area (Å²) in [4.78, 5) is 8.55. The molecule has 20 heavy (non-hydrogen) atoms. The zero-order valence-corrected chi connectivity index (χ0v) is 12.7. The highest BCUT2D eigenvalue weighted by atomic mass is 19.1. The van der Waals surface area contributed by atoms with Gasteiger partial charge >= 0.3 is 0 Å². The van der Waals surface area contributed by atoms with E-state index in [4.69, 9.17) is 0 Å². The first-order valence-electron chi connectivity index (χ1n) is 7.39. The lowest BCUT2D eigenvalue weighted by Crippen LogP contribution is -2.45. The number of aromatic nitrogens is 1. The normalized spacial score (nSPS) is 20.1. The summed E-state index contributed by atoms with van der Waals surface area (Å²) in [5.41, 5.74) is 0.688. The van der Waals surface area contributed by atoms with Crippen molar-refractivity contribution in [3.8, 4) is 0 Å². The summed E-state index contributed by atoms with van der Waals surface area (Å²) in [6, 6.07) is 2.09. The second-order valence-electron chi connectivity index (χ2n) is 5.56. The summed E-state index contributed by atoms with van der Waals surface area (Å²) in [5.74, 6) is 0.282. The van der Waals surface area contributed by atoms with Gasteiger partial charge in [0, 0.05) is 37.9 Å². The van der Waals surface area contributed by atoms with Crippen molar-refractivity contribution in [2.75, 3.05) is 38.6 Å². The largest absolute Gasteiger partial charge is 0.353 e. The quantitative estimate of drug-likeness (QED) is 0.892. The average molecular weight is 280 g/mol. The van der Waals surface area contributed by atoms with Crippen LogP contribution in [-0.4, -0.2) is 49.7 Å². The van der Waals surface area contributed by atoms with Crippen LogP contribution in [0.3, 0.4) is 0 Å². The molecule has 1 aliphatic heterocycles. The van der Waals surface area contributed by atoms with Crippen LogP contribution in [0, 0.1) is 5.82 Å². The Kier molecular flexibility index (Phi) is 5.31. The summed E-state index contributed by atoms with van der Waals surface area (Å²) in [5, 5.41) is 3.16. The molecule has 1 saturated heterocycles. The first kappa shape index (κ1) is 15.2. The maximum Gasteiger partial charge on any atom is 0.170 e. The van der Waals surface area contributed by atoms with Gasteiger partial charge in [0.05, 0.1) is 0 Å². The fourth-order valence-corrected chi connectivity index (χ4v) is 2.74. The van der Waals surface area contributed by atoms with E-state index in [0.29, 0.717) is 24.0 Å². The molecule has 0 spiro atoms. The molecule has 4 nitrogen and oxygen atoms in total. The van der Waals surface area contributed by atoms with E-state index in [9.17, 15) is 4.39 Å². The fourth-order valence-electron chi connectivity index (χ4n) is 2.74. The van der Waals surface area contributed by atoms with Gasteiger partial charge in [-0.05, 0) is 39.0 Å². The number of likely N-dealkylation sites (N-methyl/N-ethyl adjacent to an activating group) is 2. The molecule has 0 aromatic carbocycles. The monoisotopic (exact) mass is 280 g/mol. The summed E-state index contributed by atoms with van der Waals surface area (Å²) in [7, 11) is 4.07. The van der Waals surface area contributed by atoms with Crippen molar-refractivity contribution in [3.05, 3.63) is 23.6 Å². The van der Waals surface area contributed by atoms with Crippen molar-refractivity contribution in [2.45, 2.75) is 32.4 Å². The predicted molar refractivity (Wildman–Crippen MR) is 80.5 cm³/mol. The maximum atomic E-state index is 14.5. The Morgan fingerprint density at radius 3 is 3.05 bits per heavy atom. The number of pyridine rings is 1. The van der Waals surface area contributed by atoms with Gasteiger partial charge in [-0.3, -0.25) is 0 Å². The average Bonchev–Trinajstić information content (AvgIpc) is 2.45. The molecule has 1 aromatic rings. The van der Waals surface area contributed by atoms with E-state index >= 15 is 0 Å². The van der Waals surface area contributed by atoms with Crippen LogP contribution in [0.5, 0.6) is 0 Å². The van der Waals surface area contributed by atoms with Crippen LogP contribution in [0.15, 0.2) is 12.3 Å². The van der Waals surface area contributed by atoms with Crippen molar-refractivity contribution in [1.29, 1.82) is 0 Å². The molecule has 5 heteroatoms. The van der Waals surface area contributed by atoms with Gasteiger partial charge in [0.15, 0.2) is 11.6 Å². The van der Waals surface area contributed by atoms with Crippen molar-refractivity contribution >= 4 is 5.82 Å². The molecule has 2 rings (SSSR count). The van der Waals surface area contributed by atoms with Crippen molar-refractivity contribution in [2.24, 2.45) is 0 Å². The molecule has 1 fully saturated rings. The lowest BCUT2D eigenvalue weighted by Gasteiger charge is -2.36. The van der Waals surface area contributed by atoms with E-state index in [1.807, 2.05) is 18.9 Å². The second kappa shape index (κ2) is 6.99. The van der Waals surface area contributed by atoms with Gasteiger partial charge in [-0.1, -0.05) is 6.92 Å². The highest BCUT2D eigenvalue weighted by molar-refractivity contribution is 5.43. The Labute approximate surface area is 121 Å². The molecule has 1 atom stereocenters. The minimum Gasteiger partial charge on any atom is -0.353 e. The molecule has 0 radical (unpaired) electrons. The zero-order valence-electron chi connectivity index (χ0n) is 12.7. The first-order chi connectivity index (χ1) is 9.63. The number of likely N-dealkylation sites (tertiary alicyclic amines) is 1. The van der Waals surface area contributed by atoms with Gasteiger partial charge in [0.25, 0.3) is 0 Å². The minimum atomic E-state index is -0.191. The predicted octanol–water partition coefficient (Wildman–Crippen LogP) is 1.86. The van der Waals surface area contributed by atoms with Gasteiger partial charge < -0.3 is 15.1 Å². The number of hydrogen-bond acceptors (Lipinski definition) is 4. The van der Waals surface area contributed by atoms with E-state index < -0.39 is 0 Å². The lowest BCUT2D eigenvalue weighted by atomic mass is 10.0. The summed E-state index contributed by atoms with van der Waals surface area (Å²) >= 11 is 0. The van der Waals surface area contributed by atoms with Crippen LogP contribution in [-0.2, 0) is 6.54 Å². The van der Waals surface area contributed by atoms with Gasteiger partial charge in [-0.2, -0.15) is 0 Å². The van der Waals surface area contributed by atoms with E-state index in [1.54, 1.807) is 12.3 Å². The molecule has 1 aromatic heterocycles. The van der Waals surface area contributed by atoms with Crippen molar-refractivity contribution < 1.29 is 4.39 Å². The van der Waals surface area contributed by atoms with Crippen LogP contribution >= 0.6 is 0 Å². The highest BCUT2D eigenvalue weighted by Crippen LogP contribution is 2.23. The van der Waals surface area contributed by atoms with Crippen molar-refractivity contribution in [3.63, 3.8) is 0 Å². The number of nitrogens with one attached hydrogen (secondary N) is 1. The topological polar surface area (TPSA) is 31.4 Å². The Balaban J connectivity index is 2.14. The van der Waals surface area contributed by atoms with Crippen molar-refractivity contribution in [1.82, 2.24) is 15.2 Å². The van der Waals surface area contributed by atoms with Crippen LogP contribution in [0.2, 0.25) is 0 Å². The van der Waals surface area contributed by atoms with Crippen LogP contribution in [0.4, 0.5) is 10.2 Å². The number of anilines is 1. The standard InChI is InChI=1S/C15H25FN4/c1-4-17-10-12-7-8-18-15(14(12)16)20(3)13-6-5-9-19(2)11-13/h7-8,13,17H,4-6,9-11H2,1-3H3. The summed E-state index contributed by atoms with van der Waals surface area (Å²) in [6.45, 7) is 5.50. The molecule has 112 valence electrons. The Hall–Kier alpha value is -1.20. The third-order valence-electron chi connectivity index (χ3n) is 4.00. The third-order valence-corrected chi connectivity index (χ3v) is 4.00. The molecule has 2 heterocycles. The number of rotatable bonds is 5. The van der Waals surface area contributed by atoms with Gasteiger partial charge in [-0.15, -0.1) is 0 Å². The van der Waals surface area contributed by atoms with Gasteiger partial charge in [0.1, 0.15) is 0 Å². The number of piperidine rings is 1. The fraction of sp³-hybridized carbons (Fsp3) is 0.667. The summed E-state index contributed by atoms with van der Waals surface area (Å²) in [6.07, 6.45) is 3.96. The van der Waals surface area contributed by atoms with E-state index in [-0.39, 0.29) is 5.82 Å². The number of nitrogens with zero attached hydrogens (tertiary/aromatic N) is 3. The molecule has 0 aliphatic carbocycles. The molecule has 0 saturated carbocycles. The second-order valence-corrected chi connectivity index (χ2v) is 5.56. The van der Waals surface area contributed by atoms with Gasteiger partial charge in [0.2, 0.25) is 0 Å². The molecule has 1 N–H and O–H groups in total. The molecule has 1 unspecified atom stereocenters. The van der Waals surface area contributed by atoms with E-state index in [1.165, 1.54) is 0 Å². The molecule has 0 amide bonds. The van der Waals surface area contributed by atoms with Crippen LogP contribution < -0.4 is 10.2 Å². The van der Waals surface area contributed by atoms with Crippen LogP contribution in [0.25, 0.3) is 0 Å². The minimum absolute atomic E-state index is 0.191. The Morgan fingerprint density at radius 1 is 1.55 bits per heavy atom. The molecule has 0 bridgehead atoms. The number of hydrogen-bond donors (Lipinski definition) is 1.